The van der Waals surface area contributed by atoms with Crippen LogP contribution in [0.1, 0.15) is 28.4 Å². The van der Waals surface area contributed by atoms with Crippen LogP contribution in [0, 0.1) is 6.92 Å². The number of aromatic amines is 1. The molecule has 3 aromatic rings. The molecule has 0 fully saturated rings. The highest BCUT2D eigenvalue weighted by atomic mass is 16.4. The van der Waals surface area contributed by atoms with E-state index in [-0.39, 0.29) is 16.5 Å². The summed E-state index contributed by atoms with van der Waals surface area (Å²) in [5.74, 6) is -1.16. The molecule has 0 bridgehead atoms. The normalized spacial score (nSPS) is 10.8. The summed E-state index contributed by atoms with van der Waals surface area (Å²) in [6.45, 7) is 4.55. The Bertz CT molecular complexity index is 1050. The lowest BCUT2D eigenvalue weighted by molar-refractivity contribution is 0.0698. The average Bonchev–Trinajstić information content (AvgIpc) is 2.97. The van der Waals surface area contributed by atoms with Gasteiger partial charge in [-0.05, 0) is 37.1 Å². The van der Waals surface area contributed by atoms with E-state index >= 15 is 0 Å². The molecule has 3 rings (SSSR count). The number of carbonyl (C=O) groups is 2. The first-order valence-corrected chi connectivity index (χ1v) is 8.24. The molecule has 26 heavy (non-hydrogen) atoms. The number of carboxylic acids is 1. The van der Waals surface area contributed by atoms with Crippen molar-refractivity contribution in [2.75, 3.05) is 6.54 Å². The summed E-state index contributed by atoms with van der Waals surface area (Å²) in [4.78, 5) is 38.3. The second kappa shape index (κ2) is 6.87. The van der Waals surface area contributed by atoms with Gasteiger partial charge >= 0.3 is 12.0 Å². The number of aromatic nitrogens is 2. The number of carboxylic acid groups (broad SMARTS) is 1. The maximum Gasteiger partial charge on any atom is 0.346 e. The molecule has 0 spiro atoms. The molecule has 0 atom stereocenters. The van der Waals surface area contributed by atoms with Gasteiger partial charge in [-0.25, -0.2) is 9.59 Å². The van der Waals surface area contributed by atoms with Crippen molar-refractivity contribution in [3.63, 3.8) is 0 Å². The van der Waals surface area contributed by atoms with Gasteiger partial charge in [-0.3, -0.25) is 9.89 Å². The first-order chi connectivity index (χ1) is 12.4. The standard InChI is InChI=1S/C19H19N3O4/c1-3-21(11-13-8-5-4-7-12(13)2)19(26)22-17(23)14-9-6-10-15(18(24)25)16(14)20-22/h4-10,20H,3,11H2,1-2H3,(H,24,25). The van der Waals surface area contributed by atoms with E-state index in [0.29, 0.717) is 13.1 Å². The van der Waals surface area contributed by atoms with Crippen LogP contribution in [0.5, 0.6) is 0 Å². The first-order valence-electron chi connectivity index (χ1n) is 8.24. The van der Waals surface area contributed by atoms with Crippen LogP contribution in [-0.4, -0.2) is 38.3 Å². The van der Waals surface area contributed by atoms with E-state index in [2.05, 4.69) is 5.10 Å². The largest absolute Gasteiger partial charge is 0.478 e. The van der Waals surface area contributed by atoms with Gasteiger partial charge in [0.15, 0.2) is 0 Å². The molecule has 2 N–H and O–H groups in total. The highest BCUT2D eigenvalue weighted by Crippen LogP contribution is 2.15. The number of amides is 1. The number of benzene rings is 2. The van der Waals surface area contributed by atoms with Crippen LogP contribution in [0.3, 0.4) is 0 Å². The lowest BCUT2D eigenvalue weighted by atomic mass is 10.1. The zero-order valence-corrected chi connectivity index (χ0v) is 14.5. The van der Waals surface area contributed by atoms with Crippen LogP contribution >= 0.6 is 0 Å². The van der Waals surface area contributed by atoms with Crippen LogP contribution in [-0.2, 0) is 6.54 Å². The van der Waals surface area contributed by atoms with E-state index in [4.69, 9.17) is 0 Å². The topological polar surface area (TPSA) is 95.4 Å². The number of fused-ring (bicyclic) bond motifs is 1. The fourth-order valence-electron chi connectivity index (χ4n) is 2.90. The fourth-order valence-corrected chi connectivity index (χ4v) is 2.90. The van der Waals surface area contributed by atoms with Gasteiger partial charge in [-0.2, -0.15) is 4.68 Å². The molecule has 0 saturated carbocycles. The van der Waals surface area contributed by atoms with Crippen molar-refractivity contribution in [3.8, 4) is 0 Å². The molecule has 0 aliphatic rings. The number of hydrogen-bond donors (Lipinski definition) is 2. The zero-order chi connectivity index (χ0) is 18.8. The predicted molar refractivity (Wildman–Crippen MR) is 97.6 cm³/mol. The van der Waals surface area contributed by atoms with Crippen molar-refractivity contribution in [2.24, 2.45) is 0 Å². The van der Waals surface area contributed by atoms with Crippen molar-refractivity contribution < 1.29 is 14.7 Å². The number of aromatic carboxylic acids is 1. The van der Waals surface area contributed by atoms with Crippen molar-refractivity contribution in [1.29, 1.82) is 0 Å². The van der Waals surface area contributed by atoms with Gasteiger partial charge < -0.3 is 10.0 Å². The minimum absolute atomic E-state index is 0.0481. The molecule has 0 radical (unpaired) electrons. The number of nitrogens with one attached hydrogen (secondary N) is 1. The van der Waals surface area contributed by atoms with Gasteiger partial charge in [0.2, 0.25) is 0 Å². The van der Waals surface area contributed by atoms with E-state index < -0.39 is 17.6 Å². The molecule has 7 heteroatoms. The lowest BCUT2D eigenvalue weighted by Gasteiger charge is -2.21. The first kappa shape index (κ1) is 17.5. The number of hydrogen-bond acceptors (Lipinski definition) is 3. The molecule has 0 saturated heterocycles. The zero-order valence-electron chi connectivity index (χ0n) is 14.5. The SMILES string of the molecule is CCN(Cc1ccccc1C)C(=O)n1[nH]c2c(C(=O)O)cccc2c1=O. The summed E-state index contributed by atoms with van der Waals surface area (Å²) >= 11 is 0. The lowest BCUT2D eigenvalue weighted by Crippen LogP contribution is -2.39. The molecule has 1 aromatic heterocycles. The molecule has 134 valence electrons. The minimum atomic E-state index is -1.16. The highest BCUT2D eigenvalue weighted by Gasteiger charge is 2.21. The summed E-state index contributed by atoms with van der Waals surface area (Å²) in [7, 11) is 0. The van der Waals surface area contributed by atoms with Crippen molar-refractivity contribution in [3.05, 3.63) is 69.5 Å². The van der Waals surface area contributed by atoms with Crippen LogP contribution in [0.2, 0.25) is 0 Å². The maximum absolute atomic E-state index is 12.9. The third kappa shape index (κ3) is 2.99. The minimum Gasteiger partial charge on any atom is -0.478 e. The van der Waals surface area contributed by atoms with Gasteiger partial charge in [0.05, 0.1) is 16.5 Å². The Morgan fingerprint density at radius 2 is 1.88 bits per heavy atom. The van der Waals surface area contributed by atoms with Crippen molar-refractivity contribution in [1.82, 2.24) is 14.7 Å². The summed E-state index contributed by atoms with van der Waals surface area (Å²) in [6, 6.07) is 11.6. The Labute approximate surface area is 149 Å². The second-order valence-corrected chi connectivity index (χ2v) is 6.01. The van der Waals surface area contributed by atoms with Gasteiger partial charge in [-0.15, -0.1) is 0 Å². The van der Waals surface area contributed by atoms with Gasteiger partial charge in [0, 0.05) is 13.1 Å². The van der Waals surface area contributed by atoms with Crippen LogP contribution in [0.4, 0.5) is 4.79 Å². The quantitative estimate of drug-likeness (QED) is 0.754. The Morgan fingerprint density at radius 3 is 2.54 bits per heavy atom. The Hall–Kier alpha value is -3.35. The number of H-pyrrole nitrogens is 1. The van der Waals surface area contributed by atoms with Crippen LogP contribution in [0.15, 0.2) is 47.3 Å². The molecule has 0 aliphatic heterocycles. The summed E-state index contributed by atoms with van der Waals surface area (Å²) < 4.78 is 0.874. The predicted octanol–water partition coefficient (Wildman–Crippen LogP) is 2.83. The summed E-state index contributed by atoms with van der Waals surface area (Å²) in [5, 5.41) is 12.1. The molecule has 2 aromatic carbocycles. The smallest absolute Gasteiger partial charge is 0.346 e. The third-order valence-electron chi connectivity index (χ3n) is 4.42. The molecular weight excluding hydrogens is 334 g/mol. The molecule has 0 aliphatic carbocycles. The van der Waals surface area contributed by atoms with Crippen LogP contribution < -0.4 is 5.56 Å². The molecule has 7 nitrogen and oxygen atoms in total. The average molecular weight is 353 g/mol. The van der Waals surface area contributed by atoms with Crippen LogP contribution in [0.25, 0.3) is 10.9 Å². The Morgan fingerprint density at radius 1 is 1.15 bits per heavy atom. The molecule has 0 unspecified atom stereocenters. The Kier molecular flexibility index (Phi) is 4.62. The maximum atomic E-state index is 12.9. The number of aryl methyl sites for hydroxylation is 1. The van der Waals surface area contributed by atoms with E-state index in [0.717, 1.165) is 15.8 Å². The fraction of sp³-hybridized carbons (Fsp3) is 0.211. The van der Waals surface area contributed by atoms with E-state index in [1.807, 2.05) is 38.1 Å². The van der Waals surface area contributed by atoms with Gasteiger partial charge in [0.1, 0.15) is 0 Å². The molecular formula is C19H19N3O4. The number of rotatable bonds is 4. The molecule has 1 heterocycles. The number of carbonyl (C=O) groups excluding carboxylic acids is 1. The van der Waals surface area contributed by atoms with Gasteiger partial charge in [0.25, 0.3) is 5.56 Å². The van der Waals surface area contributed by atoms with Crippen molar-refractivity contribution >= 4 is 22.9 Å². The van der Waals surface area contributed by atoms with E-state index in [1.54, 1.807) is 0 Å². The number of para-hydroxylation sites is 1. The number of nitrogens with zero attached hydrogens (tertiary/aromatic N) is 2. The summed E-state index contributed by atoms with van der Waals surface area (Å²) in [6.07, 6.45) is 0. The van der Waals surface area contributed by atoms with Crippen molar-refractivity contribution in [2.45, 2.75) is 20.4 Å². The third-order valence-corrected chi connectivity index (χ3v) is 4.42. The van der Waals surface area contributed by atoms with Gasteiger partial charge in [-0.1, -0.05) is 30.3 Å². The highest BCUT2D eigenvalue weighted by molar-refractivity contribution is 6.02. The second-order valence-electron chi connectivity index (χ2n) is 6.01. The van der Waals surface area contributed by atoms with E-state index in [9.17, 15) is 19.5 Å². The Balaban J connectivity index is 2.02. The van der Waals surface area contributed by atoms with E-state index in [1.165, 1.54) is 23.1 Å². The monoisotopic (exact) mass is 353 g/mol. The summed E-state index contributed by atoms with van der Waals surface area (Å²) in [5.41, 5.74) is 1.57. The molecule has 1 amide bonds.